The minimum Gasteiger partial charge on any atom is -0.444 e. The average molecular weight is 495 g/mol. The van der Waals surface area contributed by atoms with Gasteiger partial charge in [0.15, 0.2) is 5.78 Å². The molecule has 2 N–H and O–H groups in total. The lowest BCUT2D eigenvalue weighted by molar-refractivity contribution is -0.124. The van der Waals surface area contributed by atoms with Gasteiger partial charge in [0.25, 0.3) is 0 Å². The van der Waals surface area contributed by atoms with Crippen LogP contribution in [0, 0.1) is 0 Å². The van der Waals surface area contributed by atoms with Crippen molar-refractivity contribution < 1.29 is 42.7 Å². The number of hydrogen-bond donors (Lipinski definition) is 2. The van der Waals surface area contributed by atoms with Crippen molar-refractivity contribution in [3.05, 3.63) is 0 Å². The summed E-state index contributed by atoms with van der Waals surface area (Å²) in [7, 11) is 1.86. The van der Waals surface area contributed by atoms with Crippen LogP contribution in [0.5, 0.6) is 0 Å². The number of alkyl carbamates (subject to hydrolysis) is 1. The van der Waals surface area contributed by atoms with Gasteiger partial charge in [-0.05, 0) is 40.8 Å². The van der Waals surface area contributed by atoms with Crippen molar-refractivity contribution in [3.63, 3.8) is 0 Å². The van der Waals surface area contributed by atoms with Gasteiger partial charge in [0, 0.05) is 13.0 Å². The maximum Gasteiger partial charge on any atom is 0.407 e. The van der Waals surface area contributed by atoms with Gasteiger partial charge in [0.1, 0.15) is 12.2 Å². The number of hydrogen-bond acceptors (Lipinski definition) is 10. The summed E-state index contributed by atoms with van der Waals surface area (Å²) < 4.78 is 37.4. The van der Waals surface area contributed by atoms with Crippen LogP contribution in [0.1, 0.15) is 33.6 Å². The van der Waals surface area contributed by atoms with Gasteiger partial charge < -0.3 is 43.8 Å². The minimum atomic E-state index is -0.507. The molecule has 11 heteroatoms. The summed E-state index contributed by atoms with van der Waals surface area (Å²) in [6, 6.07) is 0. The summed E-state index contributed by atoms with van der Waals surface area (Å²) in [5.41, 5.74) is -0.507. The summed E-state index contributed by atoms with van der Waals surface area (Å²) in [6.07, 6.45) is 0.914. The molecule has 0 unspecified atom stereocenters. The zero-order chi connectivity index (χ0) is 25.3. The number of carbonyl (C=O) groups is 2. The first-order chi connectivity index (χ1) is 16.3. The Kier molecular flexibility index (Phi) is 22.5. The van der Waals surface area contributed by atoms with E-state index in [4.69, 9.17) is 33.2 Å². The molecule has 0 heterocycles. The van der Waals surface area contributed by atoms with Crippen molar-refractivity contribution in [1.29, 1.82) is 0 Å². The fourth-order valence-electron chi connectivity index (χ4n) is 2.36. The standard InChI is InChI=1S/C23H46N2O9/c1-23(2,3)34-22(27)25-8-9-28-10-11-29-12-13-30-14-15-31-16-17-32-18-19-33-20-21(26)6-5-7-24-4/h24H,5-20H2,1-4H3,(H,25,27). The minimum absolute atomic E-state index is 0.113. The Bertz CT molecular complexity index is 488. The van der Waals surface area contributed by atoms with Gasteiger partial charge in [-0.25, -0.2) is 4.79 Å². The number of ketones is 1. The lowest BCUT2D eigenvalue weighted by atomic mass is 10.2. The van der Waals surface area contributed by atoms with Gasteiger partial charge in [0.2, 0.25) is 0 Å². The molecule has 0 fully saturated rings. The molecule has 0 aromatic rings. The lowest BCUT2D eigenvalue weighted by Crippen LogP contribution is -2.34. The highest BCUT2D eigenvalue weighted by molar-refractivity contribution is 5.79. The fourth-order valence-corrected chi connectivity index (χ4v) is 2.36. The summed E-state index contributed by atoms with van der Waals surface area (Å²) in [5.74, 6) is 0.113. The Hall–Kier alpha value is -1.34. The highest BCUT2D eigenvalue weighted by Gasteiger charge is 2.15. The second kappa shape index (κ2) is 23.4. The number of Topliss-reactive ketones (excluding diaryl/α,β-unsaturated/α-hetero) is 1. The first kappa shape index (κ1) is 32.7. The molecule has 0 aliphatic carbocycles. The molecule has 0 spiro atoms. The molecule has 1 amide bonds. The molecular formula is C23H46N2O9. The smallest absolute Gasteiger partial charge is 0.407 e. The second-order valence-electron chi connectivity index (χ2n) is 8.29. The van der Waals surface area contributed by atoms with E-state index in [0.717, 1.165) is 13.0 Å². The Labute approximate surface area is 204 Å². The van der Waals surface area contributed by atoms with E-state index in [0.29, 0.717) is 85.6 Å². The number of amides is 1. The quantitative estimate of drug-likeness (QED) is 0.189. The van der Waals surface area contributed by atoms with Crippen molar-refractivity contribution in [1.82, 2.24) is 10.6 Å². The number of ether oxygens (including phenoxy) is 7. The summed E-state index contributed by atoms with van der Waals surface area (Å²) in [6.45, 7) is 11.8. The Morgan fingerprint density at radius 3 is 1.53 bits per heavy atom. The molecule has 34 heavy (non-hydrogen) atoms. The van der Waals surface area contributed by atoms with E-state index < -0.39 is 11.7 Å². The van der Waals surface area contributed by atoms with E-state index >= 15 is 0 Å². The molecule has 0 radical (unpaired) electrons. The summed E-state index contributed by atoms with van der Waals surface area (Å²) >= 11 is 0. The fraction of sp³-hybridized carbons (Fsp3) is 0.913. The van der Waals surface area contributed by atoms with Crippen molar-refractivity contribution in [2.24, 2.45) is 0 Å². The Morgan fingerprint density at radius 1 is 0.647 bits per heavy atom. The first-order valence-electron chi connectivity index (χ1n) is 11.9. The molecule has 11 nitrogen and oxygen atoms in total. The van der Waals surface area contributed by atoms with E-state index in [1.54, 1.807) is 0 Å². The van der Waals surface area contributed by atoms with Gasteiger partial charge in [0.05, 0.1) is 72.7 Å². The zero-order valence-corrected chi connectivity index (χ0v) is 21.5. The molecule has 202 valence electrons. The third-order valence-electron chi connectivity index (χ3n) is 3.92. The van der Waals surface area contributed by atoms with Crippen LogP contribution < -0.4 is 10.6 Å². The molecule has 0 saturated heterocycles. The van der Waals surface area contributed by atoms with Gasteiger partial charge in [-0.1, -0.05) is 0 Å². The number of nitrogens with one attached hydrogen (secondary N) is 2. The molecule has 0 aliphatic rings. The number of carbonyl (C=O) groups excluding carboxylic acids is 2. The van der Waals surface area contributed by atoms with Crippen molar-refractivity contribution >= 4 is 11.9 Å². The van der Waals surface area contributed by atoms with E-state index in [2.05, 4.69) is 10.6 Å². The van der Waals surface area contributed by atoms with Crippen LogP contribution in [0.3, 0.4) is 0 Å². The lowest BCUT2D eigenvalue weighted by Gasteiger charge is -2.19. The first-order valence-corrected chi connectivity index (χ1v) is 11.9. The van der Waals surface area contributed by atoms with Gasteiger partial charge in [-0.2, -0.15) is 0 Å². The monoisotopic (exact) mass is 494 g/mol. The highest BCUT2D eigenvalue weighted by atomic mass is 16.6. The molecule has 0 aromatic heterocycles. The van der Waals surface area contributed by atoms with Crippen LogP contribution in [0.4, 0.5) is 4.79 Å². The Balaban J connectivity index is 3.17. The Morgan fingerprint density at radius 2 is 1.09 bits per heavy atom. The van der Waals surface area contributed by atoms with Gasteiger partial charge in [-0.15, -0.1) is 0 Å². The molecule has 0 aliphatic heterocycles. The van der Waals surface area contributed by atoms with Gasteiger partial charge >= 0.3 is 6.09 Å². The van der Waals surface area contributed by atoms with Crippen molar-refractivity contribution in [2.45, 2.75) is 39.2 Å². The van der Waals surface area contributed by atoms with Gasteiger partial charge in [-0.3, -0.25) is 4.79 Å². The van der Waals surface area contributed by atoms with Crippen LogP contribution in [0.2, 0.25) is 0 Å². The number of rotatable bonds is 24. The molecule has 0 rings (SSSR count). The van der Waals surface area contributed by atoms with E-state index in [1.165, 1.54) is 0 Å². The third-order valence-corrected chi connectivity index (χ3v) is 3.92. The van der Waals surface area contributed by atoms with E-state index in [-0.39, 0.29) is 12.4 Å². The summed E-state index contributed by atoms with van der Waals surface area (Å²) in [5, 5.41) is 5.62. The van der Waals surface area contributed by atoms with Crippen LogP contribution >= 0.6 is 0 Å². The highest BCUT2D eigenvalue weighted by Crippen LogP contribution is 2.06. The SMILES string of the molecule is CNCCCC(=O)COCCOCCOCCOCCOCCOCCNC(=O)OC(C)(C)C. The van der Waals surface area contributed by atoms with E-state index in [9.17, 15) is 9.59 Å². The summed E-state index contributed by atoms with van der Waals surface area (Å²) in [4.78, 5) is 22.9. The molecule has 0 aromatic carbocycles. The van der Waals surface area contributed by atoms with E-state index in [1.807, 2.05) is 27.8 Å². The maximum absolute atomic E-state index is 11.5. The van der Waals surface area contributed by atoms with Crippen molar-refractivity contribution in [3.8, 4) is 0 Å². The predicted molar refractivity (Wildman–Crippen MR) is 127 cm³/mol. The zero-order valence-electron chi connectivity index (χ0n) is 21.5. The second-order valence-corrected chi connectivity index (χ2v) is 8.29. The van der Waals surface area contributed by atoms with Crippen LogP contribution in [0.25, 0.3) is 0 Å². The largest absolute Gasteiger partial charge is 0.444 e. The van der Waals surface area contributed by atoms with Crippen molar-refractivity contribution in [2.75, 3.05) is 99.4 Å². The predicted octanol–water partition coefficient (Wildman–Crippen LogP) is 1.18. The normalized spacial score (nSPS) is 11.5. The maximum atomic E-state index is 11.5. The molecule has 0 saturated carbocycles. The molecule has 0 bridgehead atoms. The topological polar surface area (TPSA) is 123 Å². The molecule has 0 atom stereocenters. The third kappa shape index (κ3) is 26.9. The average Bonchev–Trinajstić information content (AvgIpc) is 2.76. The van der Waals surface area contributed by atoms with Crippen LogP contribution in [-0.2, 0) is 38.0 Å². The molecular weight excluding hydrogens is 448 g/mol. The van der Waals surface area contributed by atoms with Crippen LogP contribution in [0.15, 0.2) is 0 Å². The van der Waals surface area contributed by atoms with Crippen LogP contribution in [-0.4, -0.2) is 117 Å².